The van der Waals surface area contributed by atoms with Crippen LogP contribution in [0.1, 0.15) is 35.5 Å². The Hall–Kier alpha value is -3.29. The van der Waals surface area contributed by atoms with Crippen LogP contribution < -0.4 is 10.6 Å². The van der Waals surface area contributed by atoms with E-state index in [0.717, 1.165) is 16.6 Å². The third-order valence-electron chi connectivity index (χ3n) is 5.39. The molecule has 4 rings (SSSR count). The molecule has 0 saturated carbocycles. The van der Waals surface area contributed by atoms with Crippen LogP contribution >= 0.6 is 23.4 Å². The van der Waals surface area contributed by atoms with E-state index >= 15 is 0 Å². The predicted molar refractivity (Wildman–Crippen MR) is 139 cm³/mol. The fourth-order valence-electron chi connectivity index (χ4n) is 3.50. The predicted octanol–water partition coefficient (Wildman–Crippen LogP) is 6.71. The normalized spacial score (nSPS) is 11.8. The van der Waals surface area contributed by atoms with Crippen molar-refractivity contribution in [3.63, 3.8) is 0 Å². The first-order valence-electron chi connectivity index (χ1n) is 10.9. The van der Waals surface area contributed by atoms with Gasteiger partial charge < -0.3 is 10.6 Å². The van der Waals surface area contributed by atoms with E-state index in [9.17, 15) is 4.79 Å². The maximum atomic E-state index is 12.6. The second-order valence-corrected chi connectivity index (χ2v) is 9.44. The molecule has 0 fully saturated rings. The van der Waals surface area contributed by atoms with Crippen LogP contribution in [0.15, 0.2) is 78.0 Å². The molecule has 0 radical (unpaired) electrons. The first-order chi connectivity index (χ1) is 16.4. The Morgan fingerprint density at radius 1 is 1.03 bits per heavy atom. The smallest absolute Gasteiger partial charge is 0.319 e. The standard InChI is InChI=1S/C26H26ClN5OS/c1-17-11-13-23(14-12-17)32-24(19(3)28-25(33)29-22-10-6-9-21(27)15-22)30-31-26(32)34-16-20-8-5-4-7-18(20)2/h4-15,19H,16H2,1-3H3,(H2,28,29,33)/t19-/m0/s1. The number of hydrogen-bond acceptors (Lipinski definition) is 4. The molecule has 0 aliphatic rings. The van der Waals surface area contributed by atoms with Crippen LogP contribution in [-0.4, -0.2) is 20.8 Å². The highest BCUT2D eigenvalue weighted by molar-refractivity contribution is 7.98. The minimum atomic E-state index is -0.388. The molecule has 0 aliphatic heterocycles. The molecule has 1 aromatic heterocycles. The lowest BCUT2D eigenvalue weighted by Crippen LogP contribution is -2.32. The number of aromatic nitrogens is 3. The number of benzene rings is 3. The molecule has 0 unspecified atom stereocenters. The van der Waals surface area contributed by atoms with Crippen LogP contribution in [0.5, 0.6) is 0 Å². The first-order valence-corrected chi connectivity index (χ1v) is 12.3. The Labute approximate surface area is 208 Å². The molecule has 1 heterocycles. The molecule has 2 amide bonds. The number of nitrogens with one attached hydrogen (secondary N) is 2. The Bertz CT molecular complexity index is 1290. The van der Waals surface area contributed by atoms with E-state index in [0.29, 0.717) is 16.5 Å². The van der Waals surface area contributed by atoms with E-state index in [2.05, 4.69) is 58.9 Å². The number of carbonyl (C=O) groups excluding carboxylic acids is 1. The molecule has 0 bridgehead atoms. The summed E-state index contributed by atoms with van der Waals surface area (Å²) in [5, 5.41) is 16.0. The van der Waals surface area contributed by atoms with Crippen molar-refractivity contribution in [1.29, 1.82) is 0 Å². The third kappa shape index (κ3) is 5.79. The molecule has 0 saturated heterocycles. The van der Waals surface area contributed by atoms with Gasteiger partial charge in [0.2, 0.25) is 0 Å². The van der Waals surface area contributed by atoms with Gasteiger partial charge in [-0.25, -0.2) is 4.79 Å². The zero-order valence-corrected chi connectivity index (χ0v) is 20.8. The Morgan fingerprint density at radius 2 is 1.79 bits per heavy atom. The summed E-state index contributed by atoms with van der Waals surface area (Å²) in [6, 6.07) is 22.8. The average molecular weight is 492 g/mol. The van der Waals surface area contributed by atoms with Crippen LogP contribution in [0.3, 0.4) is 0 Å². The van der Waals surface area contributed by atoms with Gasteiger partial charge in [-0.05, 0) is 62.2 Å². The summed E-state index contributed by atoms with van der Waals surface area (Å²) in [4.78, 5) is 12.6. The number of hydrogen-bond donors (Lipinski definition) is 2. The largest absolute Gasteiger partial charge is 0.328 e. The van der Waals surface area contributed by atoms with Crippen LogP contribution in [0.25, 0.3) is 5.69 Å². The van der Waals surface area contributed by atoms with Gasteiger partial charge >= 0.3 is 6.03 Å². The van der Waals surface area contributed by atoms with Crippen molar-refractivity contribution in [2.24, 2.45) is 0 Å². The van der Waals surface area contributed by atoms with Gasteiger partial charge in [0, 0.05) is 22.2 Å². The number of amides is 2. The minimum Gasteiger partial charge on any atom is -0.328 e. The minimum absolute atomic E-state index is 0.345. The molecule has 8 heteroatoms. The van der Waals surface area contributed by atoms with E-state index < -0.39 is 0 Å². The molecule has 4 aromatic rings. The van der Waals surface area contributed by atoms with Crippen molar-refractivity contribution < 1.29 is 4.79 Å². The van der Waals surface area contributed by atoms with Gasteiger partial charge in [0.25, 0.3) is 0 Å². The highest BCUT2D eigenvalue weighted by Crippen LogP contribution is 2.28. The van der Waals surface area contributed by atoms with E-state index in [1.165, 1.54) is 16.7 Å². The number of thioether (sulfide) groups is 1. The second kappa shape index (κ2) is 10.8. The van der Waals surface area contributed by atoms with Gasteiger partial charge in [0.1, 0.15) is 0 Å². The molecule has 2 N–H and O–H groups in total. The fourth-order valence-corrected chi connectivity index (χ4v) is 4.73. The number of aryl methyl sites for hydroxylation is 2. The molecule has 1 atom stereocenters. The lowest BCUT2D eigenvalue weighted by Gasteiger charge is -2.17. The molecule has 0 spiro atoms. The topological polar surface area (TPSA) is 71.8 Å². The number of nitrogens with zero attached hydrogens (tertiary/aromatic N) is 3. The van der Waals surface area contributed by atoms with E-state index in [1.54, 1.807) is 36.0 Å². The average Bonchev–Trinajstić information content (AvgIpc) is 3.23. The lowest BCUT2D eigenvalue weighted by molar-refractivity contribution is 0.249. The van der Waals surface area contributed by atoms with Crippen LogP contribution in [0.2, 0.25) is 5.02 Å². The van der Waals surface area contributed by atoms with E-state index in [4.69, 9.17) is 11.6 Å². The Morgan fingerprint density at radius 3 is 2.53 bits per heavy atom. The van der Waals surface area contributed by atoms with E-state index in [-0.39, 0.29) is 12.1 Å². The highest BCUT2D eigenvalue weighted by Gasteiger charge is 2.21. The van der Waals surface area contributed by atoms with Crippen LogP contribution in [0.4, 0.5) is 10.5 Å². The summed E-state index contributed by atoms with van der Waals surface area (Å²) in [6.45, 7) is 6.05. The lowest BCUT2D eigenvalue weighted by atomic mass is 10.1. The quantitative estimate of drug-likeness (QED) is 0.282. The number of urea groups is 1. The summed E-state index contributed by atoms with van der Waals surface area (Å²) in [6.07, 6.45) is 0. The van der Waals surface area contributed by atoms with Crippen molar-refractivity contribution in [3.05, 3.63) is 100 Å². The highest BCUT2D eigenvalue weighted by atomic mass is 35.5. The summed E-state index contributed by atoms with van der Waals surface area (Å²) in [7, 11) is 0. The van der Waals surface area contributed by atoms with Crippen molar-refractivity contribution in [2.75, 3.05) is 5.32 Å². The summed E-state index contributed by atoms with van der Waals surface area (Å²) in [5.41, 5.74) is 5.22. The molecular weight excluding hydrogens is 466 g/mol. The molecule has 3 aromatic carbocycles. The van der Waals surface area contributed by atoms with Crippen molar-refractivity contribution in [2.45, 2.75) is 37.7 Å². The summed E-state index contributed by atoms with van der Waals surface area (Å²) >= 11 is 7.64. The number of rotatable bonds is 7. The van der Waals surface area contributed by atoms with Crippen molar-refractivity contribution in [3.8, 4) is 5.69 Å². The first kappa shape index (κ1) is 23.9. The van der Waals surface area contributed by atoms with Gasteiger partial charge in [0.15, 0.2) is 11.0 Å². The Kier molecular flexibility index (Phi) is 7.55. The zero-order chi connectivity index (χ0) is 24.1. The molecule has 0 aliphatic carbocycles. The van der Waals surface area contributed by atoms with Gasteiger partial charge in [-0.2, -0.15) is 0 Å². The zero-order valence-electron chi connectivity index (χ0n) is 19.2. The second-order valence-electron chi connectivity index (χ2n) is 8.06. The Balaban J connectivity index is 1.57. The van der Waals surface area contributed by atoms with Gasteiger partial charge in [-0.15, -0.1) is 10.2 Å². The summed E-state index contributed by atoms with van der Waals surface area (Å²) in [5.74, 6) is 1.42. The summed E-state index contributed by atoms with van der Waals surface area (Å²) < 4.78 is 2.01. The number of carbonyl (C=O) groups is 1. The van der Waals surface area contributed by atoms with Crippen molar-refractivity contribution >= 4 is 35.1 Å². The molecular formula is C26H26ClN5OS. The number of halogens is 1. The van der Waals surface area contributed by atoms with Gasteiger partial charge in [-0.3, -0.25) is 4.57 Å². The number of anilines is 1. The monoisotopic (exact) mass is 491 g/mol. The van der Waals surface area contributed by atoms with E-state index in [1.807, 2.05) is 35.8 Å². The van der Waals surface area contributed by atoms with Crippen molar-refractivity contribution in [1.82, 2.24) is 20.1 Å². The van der Waals surface area contributed by atoms with Gasteiger partial charge in [-0.1, -0.05) is 71.4 Å². The van der Waals surface area contributed by atoms with Crippen LogP contribution in [0, 0.1) is 13.8 Å². The fraction of sp³-hybridized carbons (Fsp3) is 0.192. The molecule has 34 heavy (non-hydrogen) atoms. The molecule has 6 nitrogen and oxygen atoms in total. The third-order valence-corrected chi connectivity index (χ3v) is 6.60. The van der Waals surface area contributed by atoms with Gasteiger partial charge in [0.05, 0.1) is 6.04 Å². The van der Waals surface area contributed by atoms with Crippen LogP contribution in [-0.2, 0) is 5.75 Å². The molecule has 174 valence electrons. The maximum Gasteiger partial charge on any atom is 0.319 e. The SMILES string of the molecule is Cc1ccc(-n2c(SCc3ccccc3C)nnc2[C@H](C)NC(=O)Nc2cccc(Cl)c2)cc1. The maximum absolute atomic E-state index is 12.6.